The second kappa shape index (κ2) is 4.42. The molecule has 0 spiro atoms. The van der Waals surface area contributed by atoms with E-state index < -0.39 is 54.3 Å². The Labute approximate surface area is 97.4 Å². The van der Waals surface area contributed by atoms with Gasteiger partial charge in [0.05, 0.1) is 11.5 Å². The number of sulfone groups is 1. The lowest BCUT2D eigenvalue weighted by atomic mass is 10.3. The normalized spacial score (nSPS) is 29.3. The van der Waals surface area contributed by atoms with Crippen molar-refractivity contribution in [2.45, 2.75) is 12.2 Å². The first-order valence-electron chi connectivity index (χ1n) is 3.90. The first-order valence-corrected chi connectivity index (χ1v) is 8.45. The Morgan fingerprint density at radius 1 is 0.882 bits per heavy atom. The van der Waals surface area contributed by atoms with Crippen molar-refractivity contribution >= 4 is 30.6 Å². The minimum Gasteiger partial charge on any atom is -0.264 e. The maximum Gasteiger partial charge on any atom is 0.397 e. The van der Waals surface area contributed by atoms with Crippen molar-refractivity contribution < 1.29 is 42.7 Å². The third-order valence-corrected chi connectivity index (χ3v) is 4.40. The molecule has 0 aliphatic carbocycles. The van der Waals surface area contributed by atoms with Crippen LogP contribution in [0, 0.1) is 0 Å². The van der Waals surface area contributed by atoms with Gasteiger partial charge in [0.25, 0.3) is 0 Å². The second-order valence-electron chi connectivity index (χ2n) is 3.20. The topological polar surface area (TPSA) is 161 Å². The monoisotopic (exact) mass is 312 g/mol. The molecule has 0 unspecified atom stereocenters. The van der Waals surface area contributed by atoms with E-state index >= 15 is 0 Å². The highest BCUT2D eigenvalue weighted by atomic mass is 32.3. The van der Waals surface area contributed by atoms with Crippen LogP contribution in [0.2, 0.25) is 0 Å². The van der Waals surface area contributed by atoms with Crippen LogP contribution in [0.15, 0.2) is 0 Å². The van der Waals surface area contributed by atoms with Crippen molar-refractivity contribution in [3.8, 4) is 0 Å². The third-order valence-electron chi connectivity index (χ3n) is 1.74. The summed E-state index contributed by atoms with van der Waals surface area (Å²) < 4.78 is 88.3. The van der Waals surface area contributed by atoms with Crippen LogP contribution in [0.4, 0.5) is 0 Å². The van der Waals surface area contributed by atoms with Crippen molar-refractivity contribution in [3.05, 3.63) is 0 Å². The number of rotatable bonds is 4. The van der Waals surface area contributed by atoms with Crippen LogP contribution in [0.5, 0.6) is 0 Å². The minimum atomic E-state index is -4.97. The van der Waals surface area contributed by atoms with Gasteiger partial charge in [-0.2, -0.15) is 16.8 Å². The molecule has 102 valence electrons. The van der Waals surface area contributed by atoms with Gasteiger partial charge in [-0.15, -0.1) is 0 Å². The minimum absolute atomic E-state index is 0.854. The Morgan fingerprint density at radius 3 is 1.41 bits per heavy atom. The van der Waals surface area contributed by atoms with E-state index in [-0.39, 0.29) is 0 Å². The van der Waals surface area contributed by atoms with Crippen molar-refractivity contribution in [1.29, 1.82) is 0 Å². The maximum atomic E-state index is 11.1. The third kappa shape index (κ3) is 5.24. The summed E-state index contributed by atoms with van der Waals surface area (Å²) in [5.41, 5.74) is 0. The molecule has 2 N–H and O–H groups in total. The molecular formula is C4H8O10S3. The maximum absolute atomic E-state index is 11.1. The van der Waals surface area contributed by atoms with Gasteiger partial charge in [0, 0.05) is 0 Å². The fraction of sp³-hybridized carbons (Fsp3) is 1.00. The van der Waals surface area contributed by atoms with Crippen LogP contribution in [-0.4, -0.2) is 58.1 Å². The van der Waals surface area contributed by atoms with E-state index in [1.165, 1.54) is 0 Å². The molecule has 2 atom stereocenters. The highest BCUT2D eigenvalue weighted by molar-refractivity contribution is 7.91. The van der Waals surface area contributed by atoms with Gasteiger partial charge in [-0.05, 0) is 0 Å². The van der Waals surface area contributed by atoms with Gasteiger partial charge in [0.2, 0.25) is 0 Å². The zero-order chi connectivity index (χ0) is 13.5. The molecule has 1 saturated heterocycles. The van der Waals surface area contributed by atoms with Gasteiger partial charge < -0.3 is 0 Å². The summed E-state index contributed by atoms with van der Waals surface area (Å²) in [6, 6.07) is 0. The van der Waals surface area contributed by atoms with E-state index in [1.807, 2.05) is 0 Å². The molecule has 0 radical (unpaired) electrons. The average molecular weight is 312 g/mol. The lowest BCUT2D eigenvalue weighted by Crippen LogP contribution is -2.33. The lowest BCUT2D eigenvalue weighted by molar-refractivity contribution is 0.0807. The highest BCUT2D eigenvalue weighted by Gasteiger charge is 2.44. The summed E-state index contributed by atoms with van der Waals surface area (Å²) in [6.45, 7) is 0. The van der Waals surface area contributed by atoms with E-state index in [9.17, 15) is 25.3 Å². The molecular weight excluding hydrogens is 304 g/mol. The molecule has 10 nitrogen and oxygen atoms in total. The van der Waals surface area contributed by atoms with Crippen molar-refractivity contribution in [2.24, 2.45) is 0 Å². The molecule has 0 aromatic carbocycles. The van der Waals surface area contributed by atoms with E-state index in [4.69, 9.17) is 9.11 Å². The Balaban J connectivity index is 2.94. The molecule has 17 heavy (non-hydrogen) atoms. The van der Waals surface area contributed by atoms with Crippen molar-refractivity contribution in [1.82, 2.24) is 0 Å². The van der Waals surface area contributed by atoms with Gasteiger partial charge in [-0.1, -0.05) is 0 Å². The van der Waals surface area contributed by atoms with Crippen molar-refractivity contribution in [3.63, 3.8) is 0 Å². The van der Waals surface area contributed by atoms with Crippen LogP contribution in [0.1, 0.15) is 0 Å². The summed E-state index contributed by atoms with van der Waals surface area (Å²) in [5, 5.41) is 0. The molecule has 1 aliphatic heterocycles. The van der Waals surface area contributed by atoms with E-state index in [1.54, 1.807) is 0 Å². The van der Waals surface area contributed by atoms with Gasteiger partial charge >= 0.3 is 20.8 Å². The fourth-order valence-electron chi connectivity index (χ4n) is 1.28. The SMILES string of the molecule is O=S1(=O)C[C@@H](OS(=O)(=O)O)[C@H](OS(=O)(=O)O)C1. The zero-order valence-corrected chi connectivity index (χ0v) is 10.4. The second-order valence-corrected chi connectivity index (χ2v) is 7.45. The molecule has 0 amide bonds. The lowest BCUT2D eigenvalue weighted by Gasteiger charge is -2.14. The Hall–Kier alpha value is -0.310. The molecule has 0 saturated carbocycles. The Bertz CT molecular complexity index is 533. The summed E-state index contributed by atoms with van der Waals surface area (Å²) in [5.74, 6) is -1.71. The van der Waals surface area contributed by atoms with Gasteiger partial charge in [-0.25, -0.2) is 16.8 Å². The zero-order valence-electron chi connectivity index (χ0n) is 7.95. The summed E-state index contributed by atoms with van der Waals surface area (Å²) in [6.07, 6.45) is -3.48. The average Bonchev–Trinajstić information content (AvgIpc) is 2.17. The molecule has 1 aliphatic rings. The Morgan fingerprint density at radius 2 is 1.18 bits per heavy atom. The first-order chi connectivity index (χ1) is 7.38. The summed E-state index contributed by atoms with van der Waals surface area (Å²) in [7, 11) is -13.7. The van der Waals surface area contributed by atoms with Gasteiger partial charge in [-0.3, -0.25) is 9.11 Å². The van der Waals surface area contributed by atoms with Crippen molar-refractivity contribution in [2.75, 3.05) is 11.5 Å². The van der Waals surface area contributed by atoms with Crippen LogP contribution < -0.4 is 0 Å². The van der Waals surface area contributed by atoms with Crippen LogP contribution in [0.3, 0.4) is 0 Å². The Kier molecular flexibility index (Phi) is 3.83. The predicted octanol–water partition coefficient (Wildman–Crippen LogP) is -2.21. The standard InChI is InChI=1S/C4H8O10S3/c5-15(6)1-3(13-16(7,8)9)4(2-15)14-17(10,11)12/h3-4H,1-2H2,(H,7,8,9)(H,10,11,12)/t3-,4-/m1/s1. The predicted molar refractivity (Wildman–Crippen MR) is 51.5 cm³/mol. The molecule has 1 fully saturated rings. The first kappa shape index (κ1) is 14.7. The quantitative estimate of drug-likeness (QED) is 0.544. The molecule has 0 aromatic heterocycles. The molecule has 1 heterocycles. The largest absolute Gasteiger partial charge is 0.397 e. The van der Waals surface area contributed by atoms with Gasteiger partial charge in [0.15, 0.2) is 9.84 Å². The fourth-order valence-corrected chi connectivity index (χ4v) is 4.16. The van der Waals surface area contributed by atoms with E-state index in [0.29, 0.717) is 0 Å². The smallest absolute Gasteiger partial charge is 0.264 e. The molecule has 0 bridgehead atoms. The number of hydrogen-bond acceptors (Lipinski definition) is 8. The number of hydrogen-bond donors (Lipinski definition) is 2. The molecule has 0 aromatic rings. The highest BCUT2D eigenvalue weighted by Crippen LogP contribution is 2.21. The van der Waals surface area contributed by atoms with E-state index in [0.717, 1.165) is 0 Å². The molecule has 13 heteroatoms. The molecule has 1 rings (SSSR count). The van der Waals surface area contributed by atoms with E-state index in [2.05, 4.69) is 8.37 Å². The van der Waals surface area contributed by atoms with Crippen LogP contribution in [0.25, 0.3) is 0 Å². The summed E-state index contributed by atoms with van der Waals surface area (Å²) in [4.78, 5) is 0. The summed E-state index contributed by atoms with van der Waals surface area (Å²) >= 11 is 0. The van der Waals surface area contributed by atoms with Crippen LogP contribution >= 0.6 is 0 Å². The van der Waals surface area contributed by atoms with Crippen LogP contribution in [-0.2, 0) is 39.0 Å². The van der Waals surface area contributed by atoms with Gasteiger partial charge in [0.1, 0.15) is 12.2 Å².